The second-order valence-corrected chi connectivity index (χ2v) is 28.2. The van der Waals surface area contributed by atoms with Gasteiger partial charge in [-0.05, 0) is 117 Å². The van der Waals surface area contributed by atoms with E-state index in [1.54, 1.807) is 63.1 Å². The molecule has 1 aliphatic rings. The number of fused-ring (bicyclic) bond motifs is 2. The van der Waals surface area contributed by atoms with E-state index in [0.29, 0.717) is 80.7 Å². The van der Waals surface area contributed by atoms with Crippen molar-refractivity contribution in [1.29, 1.82) is 5.41 Å². The van der Waals surface area contributed by atoms with E-state index in [1.165, 1.54) is 50.0 Å². The molecule has 1 fully saturated rings. The summed E-state index contributed by atoms with van der Waals surface area (Å²) in [7, 11) is 0. The van der Waals surface area contributed by atoms with E-state index >= 15 is 0 Å². The van der Waals surface area contributed by atoms with Gasteiger partial charge in [0, 0.05) is 81.0 Å². The number of nitrogens with two attached hydrogens (primary N) is 4. The van der Waals surface area contributed by atoms with Crippen molar-refractivity contribution < 1.29 is 57.8 Å². The maximum absolute atomic E-state index is 15.0. The first kappa shape index (κ1) is 84.0. The van der Waals surface area contributed by atoms with E-state index in [0.717, 1.165) is 15.5 Å². The summed E-state index contributed by atoms with van der Waals surface area (Å²) in [6.07, 6.45) is 6.57. The minimum Gasteiger partial charge on any atom is -0.508 e. The minimum absolute atomic E-state index is 0.0724. The lowest BCUT2D eigenvalue weighted by molar-refractivity contribution is -0.137. The summed E-state index contributed by atoms with van der Waals surface area (Å²) < 4.78 is 1.07. The number of primary amides is 1. The second kappa shape index (κ2) is 40.4. The molecule has 3 aromatic heterocycles. The van der Waals surface area contributed by atoms with Crippen LogP contribution in [0.5, 0.6) is 5.75 Å². The molecule has 10 amide bonds. The van der Waals surface area contributed by atoms with Gasteiger partial charge in [0.2, 0.25) is 59.1 Å². The Bertz CT molecular complexity index is 4170. The molecule has 0 aliphatic carbocycles. The molecule has 0 radical (unpaired) electrons. The number of carbonyl (C=O) groups is 11. The number of aromatic amines is 2. The fraction of sp³-hybridized carbons (Fsp3) is 0.500. The number of phenols is 1. The minimum atomic E-state index is -1.72. The quantitative estimate of drug-likeness (QED) is 0.0131. The Morgan fingerprint density at radius 1 is 0.648 bits per heavy atom. The SMILES string of the molecule is CC[C@H](C)[C@H](N)C(=O)N[C@@H](CCCCN)C(=O)N1CCN(c2ccc3ncn(CC(=O)N[C@@H](CCCNC(=N)N)C(=O)N[C@@H](Cc4c[nH]cn4)C(=O)N[C@@H](Cc4ccc(O)cc4)C(=O)N[C@@H](CC(C)C)C(=O)N[C@@H](CC(N)=O)C(=O)N[C@@H](Cc4c[nH]c5ccccc45)C(=O)N[C@H](C(C)=O)C(C)C)c(=O)c3c2)CC1. The Morgan fingerprint density at radius 2 is 1.25 bits per heavy atom. The number of para-hydroxylation sites is 1. The van der Waals surface area contributed by atoms with Crippen molar-refractivity contribution >= 4 is 98.3 Å². The highest BCUT2D eigenvalue weighted by Crippen LogP contribution is 2.24. The number of aromatic nitrogens is 5. The number of nitrogens with zero attached hydrogens (tertiary/aromatic N) is 5. The van der Waals surface area contributed by atoms with Crippen molar-refractivity contribution in [2.45, 2.75) is 180 Å². The number of ketones is 1. The van der Waals surface area contributed by atoms with Crippen LogP contribution < -0.4 is 81.2 Å². The number of nitrogens with one attached hydrogen (secondary N) is 12. The van der Waals surface area contributed by atoms with E-state index in [2.05, 4.69) is 67.8 Å². The van der Waals surface area contributed by atoms with Gasteiger partial charge >= 0.3 is 0 Å². The molecule has 0 spiro atoms. The van der Waals surface area contributed by atoms with Crippen LogP contribution in [0.15, 0.2) is 96.6 Å². The van der Waals surface area contributed by atoms with Crippen molar-refractivity contribution in [3.63, 3.8) is 0 Å². The molecule has 584 valence electrons. The van der Waals surface area contributed by atoms with E-state index in [-0.39, 0.29) is 97.3 Å². The van der Waals surface area contributed by atoms with Crippen LogP contribution in [0, 0.1) is 23.2 Å². The van der Waals surface area contributed by atoms with Crippen molar-refractivity contribution in [1.82, 2.24) is 77.3 Å². The number of carbonyl (C=O) groups excluding carboxylic acids is 11. The van der Waals surface area contributed by atoms with E-state index in [4.69, 9.17) is 28.3 Å². The summed E-state index contributed by atoms with van der Waals surface area (Å²) in [5.74, 6) is -9.49. The van der Waals surface area contributed by atoms with Crippen LogP contribution in [0.2, 0.25) is 0 Å². The predicted octanol–water partition coefficient (Wildman–Crippen LogP) is -0.506. The number of unbranched alkanes of at least 4 members (excludes halogenated alkanes) is 1. The average molecular weight is 1500 g/mol. The number of H-pyrrole nitrogens is 2. The monoisotopic (exact) mass is 1500 g/mol. The number of hydrogen-bond acceptors (Lipinski definition) is 19. The Labute approximate surface area is 625 Å². The highest BCUT2D eigenvalue weighted by Gasteiger charge is 2.37. The number of guanidine groups is 1. The van der Waals surface area contributed by atoms with Crippen LogP contribution in [0.25, 0.3) is 21.8 Å². The molecule has 4 heterocycles. The molecule has 3 aromatic carbocycles. The van der Waals surface area contributed by atoms with E-state index in [9.17, 15) is 62.6 Å². The van der Waals surface area contributed by atoms with Gasteiger partial charge in [0.25, 0.3) is 5.56 Å². The van der Waals surface area contributed by atoms with Gasteiger partial charge in [-0.25, -0.2) is 9.97 Å². The maximum Gasteiger partial charge on any atom is 0.261 e. The van der Waals surface area contributed by atoms with Crippen LogP contribution in [0.1, 0.15) is 117 Å². The Morgan fingerprint density at radius 3 is 1.87 bits per heavy atom. The van der Waals surface area contributed by atoms with Gasteiger partial charge in [-0.1, -0.05) is 78.3 Å². The van der Waals surface area contributed by atoms with Gasteiger partial charge in [0.05, 0.1) is 47.8 Å². The zero-order valence-electron chi connectivity index (χ0n) is 62.2. The molecule has 21 N–H and O–H groups in total. The lowest BCUT2D eigenvalue weighted by atomic mass is 9.98. The zero-order valence-corrected chi connectivity index (χ0v) is 62.2. The number of phenolic OH excluding ortho intramolecular Hbond substituents is 1. The molecule has 0 bridgehead atoms. The number of hydrogen-bond donors (Lipinski definition) is 17. The maximum atomic E-state index is 15.0. The fourth-order valence-electron chi connectivity index (χ4n) is 12.7. The Hall–Kier alpha value is -11.3. The van der Waals surface area contributed by atoms with Crippen LogP contribution >= 0.6 is 0 Å². The zero-order chi connectivity index (χ0) is 78.9. The third-order valence-corrected chi connectivity index (χ3v) is 19.0. The van der Waals surface area contributed by atoms with Crippen LogP contribution in [-0.4, -0.2) is 199 Å². The molecule has 7 rings (SSSR count). The molecule has 0 unspecified atom stereocenters. The summed E-state index contributed by atoms with van der Waals surface area (Å²) in [5, 5.41) is 43.2. The molecule has 0 saturated carbocycles. The van der Waals surface area contributed by atoms with Gasteiger partial charge in [0.15, 0.2) is 11.7 Å². The van der Waals surface area contributed by atoms with Gasteiger partial charge < -0.3 is 95.7 Å². The third kappa shape index (κ3) is 24.6. The van der Waals surface area contributed by atoms with Gasteiger partial charge in [-0.2, -0.15) is 0 Å². The van der Waals surface area contributed by atoms with E-state index < -0.39 is 126 Å². The Kier molecular flexibility index (Phi) is 31.4. The Balaban J connectivity index is 1.09. The number of benzene rings is 3. The predicted molar refractivity (Wildman–Crippen MR) is 405 cm³/mol. The first-order valence-corrected chi connectivity index (χ1v) is 36.5. The molecule has 108 heavy (non-hydrogen) atoms. The molecule has 34 nitrogen and oxygen atoms in total. The molecule has 1 saturated heterocycles. The standard InChI is InChI=1S/C74H105N21O13/c1-8-43(6)63(77)71(106)86-55(16-11-12-24-75)73(108)94-28-26-93(27-29-94)48-20-23-53-51(34-48)72(107)95(40-84-53)38-62(99)85-54(17-13-25-81-74(78)79)65(100)90-59(33-47-37-80-39-83-47)68(103)88-57(31-45-18-21-49(97)22-19-45)67(102)87-56(30-41(2)3)66(101)91-60(35-61(76)98)69(104)89-58(70(105)92-64(42(4)5)44(7)96)32-46-36-82-52-15-10-9-14-50(46)52/h9-10,14-15,18-23,34,36-37,39-43,54-60,63-64,82,97H,8,11-13,16-17,24-33,35,38,75,77H2,1-7H3,(H2,76,98)(H,80,83)(H,85,99)(H,86,106)(H,87,102)(H,88,103)(H,89,104)(H,90,100)(H,91,101)(H,92,105)(H4,78,79,81)/t43-,54-,55-,56-,57-,58-,59-,60-,63-,64-/m0/s1. The molecular weight excluding hydrogens is 1390 g/mol. The first-order chi connectivity index (χ1) is 51.4. The average Bonchev–Trinajstić information content (AvgIpc) is 1.32. The summed E-state index contributed by atoms with van der Waals surface area (Å²) in [6.45, 7) is 13.4. The summed E-state index contributed by atoms with van der Waals surface area (Å²) in [4.78, 5) is 187. The van der Waals surface area contributed by atoms with Crippen LogP contribution in [0.3, 0.4) is 0 Å². The van der Waals surface area contributed by atoms with Crippen molar-refractivity contribution in [2.75, 3.05) is 44.2 Å². The number of piperazine rings is 1. The highest BCUT2D eigenvalue weighted by molar-refractivity contribution is 6.00. The lowest BCUT2D eigenvalue weighted by Crippen LogP contribution is -2.61. The van der Waals surface area contributed by atoms with E-state index in [1.807, 2.05) is 36.9 Å². The van der Waals surface area contributed by atoms with Crippen LogP contribution in [0.4, 0.5) is 5.69 Å². The summed E-state index contributed by atoms with van der Waals surface area (Å²) in [5.41, 5.74) is 25.7. The molecule has 10 atom stereocenters. The second-order valence-electron chi connectivity index (χ2n) is 28.2. The number of anilines is 1. The lowest BCUT2D eigenvalue weighted by Gasteiger charge is -2.38. The number of amides is 10. The number of rotatable bonds is 41. The molecular formula is C74H105N21O13. The smallest absolute Gasteiger partial charge is 0.261 e. The fourth-order valence-corrected chi connectivity index (χ4v) is 12.7. The molecule has 6 aromatic rings. The number of Topliss-reactive ketones (excluding diaryl/α,β-unsaturated/α-hetero) is 1. The van der Waals surface area contributed by atoms with Crippen molar-refractivity contribution in [2.24, 2.45) is 40.7 Å². The molecule has 1 aliphatic heterocycles. The van der Waals surface area contributed by atoms with Gasteiger partial charge in [0.1, 0.15) is 54.6 Å². The summed E-state index contributed by atoms with van der Waals surface area (Å²) in [6, 6.07) is 6.46. The normalized spacial score (nSPS) is 15.1. The largest absolute Gasteiger partial charge is 0.508 e. The van der Waals surface area contributed by atoms with Crippen molar-refractivity contribution in [3.8, 4) is 5.75 Å². The van der Waals surface area contributed by atoms with Crippen LogP contribution in [-0.2, 0) is 78.5 Å². The van der Waals surface area contributed by atoms with Crippen molar-refractivity contribution in [3.05, 3.63) is 119 Å². The third-order valence-electron chi connectivity index (χ3n) is 19.0. The summed E-state index contributed by atoms with van der Waals surface area (Å²) >= 11 is 0. The highest BCUT2D eigenvalue weighted by atomic mass is 16.3. The molecule has 34 heteroatoms. The van der Waals surface area contributed by atoms with Gasteiger partial charge in [-0.15, -0.1) is 0 Å². The topological polar surface area (TPSA) is 530 Å². The van der Waals surface area contributed by atoms with Gasteiger partial charge in [-0.3, -0.25) is 67.5 Å². The number of imidazole rings is 1. The number of aromatic hydroxyl groups is 1. The first-order valence-electron chi connectivity index (χ1n) is 36.5.